The Morgan fingerprint density at radius 3 is 1.33 bits per heavy atom. The summed E-state index contributed by atoms with van der Waals surface area (Å²) >= 11 is 0. The lowest BCUT2D eigenvalue weighted by molar-refractivity contribution is -0.145. The number of para-hydroxylation sites is 2. The first kappa shape index (κ1) is 34.2. The Morgan fingerprint density at radius 1 is 0.667 bits per heavy atom. The Labute approximate surface area is 224 Å². The van der Waals surface area contributed by atoms with Gasteiger partial charge in [0.1, 0.15) is 31.4 Å². The molecule has 0 saturated carbocycles. The van der Waals surface area contributed by atoms with Gasteiger partial charge in [-0.3, -0.25) is 33.7 Å². The Bertz CT molecular complexity index is 939. The first-order chi connectivity index (χ1) is 18.6. The first-order valence-corrected chi connectivity index (χ1v) is 11.0. The molecule has 212 valence electrons. The predicted octanol–water partition coefficient (Wildman–Crippen LogP) is 0.854. The maximum atomic E-state index is 11.5. The molecule has 2 aromatic rings. The number of carbonyl (C=O) groups excluding carboxylic acids is 4. The van der Waals surface area contributed by atoms with Crippen LogP contribution in [0.15, 0.2) is 60.7 Å². The van der Waals surface area contributed by atoms with E-state index in [4.69, 9.17) is 19.7 Å². The van der Waals surface area contributed by atoms with Crippen molar-refractivity contribution < 1.29 is 57.9 Å². The number of carboxylic acid groups (broad SMARTS) is 2. The van der Waals surface area contributed by atoms with Crippen LogP contribution in [0.1, 0.15) is 6.42 Å². The Kier molecular flexibility index (Phi) is 18.7. The number of hydrogen-bond donors (Lipinski definition) is 2. The molecule has 2 rings (SSSR count). The summed E-state index contributed by atoms with van der Waals surface area (Å²) in [5.41, 5.74) is 0. The lowest BCUT2D eigenvalue weighted by Crippen LogP contribution is -2.30. The van der Waals surface area contributed by atoms with E-state index in [0.717, 1.165) is 0 Å². The summed E-state index contributed by atoms with van der Waals surface area (Å²) in [6.45, 7) is 0.419. The van der Waals surface area contributed by atoms with Crippen molar-refractivity contribution in [3.05, 3.63) is 60.7 Å². The summed E-state index contributed by atoms with van der Waals surface area (Å²) in [6.07, 6.45) is -0.427. The minimum Gasteiger partial charge on any atom is -0.480 e. The van der Waals surface area contributed by atoms with Gasteiger partial charge in [-0.25, -0.2) is 4.90 Å². The molecule has 0 radical (unpaired) electrons. The van der Waals surface area contributed by atoms with Gasteiger partial charge < -0.3 is 29.2 Å². The van der Waals surface area contributed by atoms with Crippen LogP contribution in [0.2, 0.25) is 0 Å². The van der Waals surface area contributed by atoms with Crippen LogP contribution < -0.4 is 9.47 Å². The van der Waals surface area contributed by atoms with Gasteiger partial charge in [0.25, 0.3) is 12.9 Å². The number of nitrogens with zero attached hydrogens (tertiary/aromatic N) is 2. The van der Waals surface area contributed by atoms with Crippen molar-refractivity contribution in [2.24, 2.45) is 0 Å². The monoisotopic (exact) mass is 550 g/mol. The van der Waals surface area contributed by atoms with Crippen molar-refractivity contribution in [3.63, 3.8) is 0 Å². The SMILES string of the molecule is CN(CC(=O)O)CC(=O)O.CN(COC=O)COC=O.O=C(CC(=O)Oc1ccccc1)Oc1ccccc1. The van der Waals surface area contributed by atoms with E-state index in [9.17, 15) is 28.8 Å². The van der Waals surface area contributed by atoms with Crippen LogP contribution in [0.4, 0.5) is 0 Å². The second-order valence-electron chi connectivity index (χ2n) is 7.35. The average molecular weight is 551 g/mol. The number of benzene rings is 2. The van der Waals surface area contributed by atoms with Crippen LogP contribution in [-0.2, 0) is 38.2 Å². The Morgan fingerprint density at radius 2 is 1.03 bits per heavy atom. The maximum absolute atomic E-state index is 11.5. The van der Waals surface area contributed by atoms with Crippen LogP contribution in [0.25, 0.3) is 0 Å². The Balaban J connectivity index is 0.000000616. The lowest BCUT2D eigenvalue weighted by atomic mass is 10.3. The van der Waals surface area contributed by atoms with Gasteiger partial charge in [0.05, 0.1) is 13.1 Å². The van der Waals surface area contributed by atoms with Crippen molar-refractivity contribution in [2.45, 2.75) is 6.42 Å². The number of esters is 2. The number of ether oxygens (including phenoxy) is 4. The molecule has 0 aliphatic heterocycles. The summed E-state index contributed by atoms with van der Waals surface area (Å²) in [4.78, 5) is 64.9. The molecule has 0 fully saturated rings. The molecule has 0 unspecified atom stereocenters. The van der Waals surface area contributed by atoms with E-state index in [-0.39, 0.29) is 26.6 Å². The molecule has 0 aliphatic carbocycles. The van der Waals surface area contributed by atoms with Crippen LogP contribution in [0.5, 0.6) is 11.5 Å². The third-order valence-corrected chi connectivity index (χ3v) is 3.77. The summed E-state index contributed by atoms with van der Waals surface area (Å²) in [5.74, 6) is -2.54. The molecule has 2 N–H and O–H groups in total. The molecule has 0 aromatic heterocycles. The first-order valence-electron chi connectivity index (χ1n) is 11.0. The molecule has 2 aromatic carbocycles. The fourth-order valence-electron chi connectivity index (χ4n) is 2.30. The van der Waals surface area contributed by atoms with E-state index in [1.54, 1.807) is 67.7 Å². The molecule has 14 heteroatoms. The second kappa shape index (κ2) is 21.3. The molecule has 0 heterocycles. The van der Waals surface area contributed by atoms with Gasteiger partial charge >= 0.3 is 23.9 Å². The van der Waals surface area contributed by atoms with Gasteiger partial charge in [-0.15, -0.1) is 0 Å². The van der Waals surface area contributed by atoms with Crippen molar-refractivity contribution >= 4 is 36.8 Å². The predicted molar refractivity (Wildman–Crippen MR) is 133 cm³/mol. The molecule has 0 bridgehead atoms. The summed E-state index contributed by atoms with van der Waals surface area (Å²) in [6, 6.07) is 17.1. The van der Waals surface area contributed by atoms with Gasteiger partial charge in [0.2, 0.25) is 0 Å². The van der Waals surface area contributed by atoms with E-state index in [0.29, 0.717) is 24.4 Å². The minimum atomic E-state index is -1.02. The maximum Gasteiger partial charge on any atom is 0.322 e. The highest BCUT2D eigenvalue weighted by molar-refractivity contribution is 5.93. The van der Waals surface area contributed by atoms with E-state index < -0.39 is 30.3 Å². The fraction of sp³-hybridized carbons (Fsp3) is 0.280. The zero-order valence-electron chi connectivity index (χ0n) is 21.3. The summed E-state index contributed by atoms with van der Waals surface area (Å²) < 4.78 is 18.6. The third-order valence-electron chi connectivity index (χ3n) is 3.77. The van der Waals surface area contributed by atoms with Crippen LogP contribution >= 0.6 is 0 Å². The zero-order chi connectivity index (χ0) is 29.5. The molecule has 39 heavy (non-hydrogen) atoms. The van der Waals surface area contributed by atoms with E-state index in [2.05, 4.69) is 9.47 Å². The van der Waals surface area contributed by atoms with Crippen molar-refractivity contribution in [1.82, 2.24) is 9.80 Å². The van der Waals surface area contributed by atoms with Crippen molar-refractivity contribution in [1.29, 1.82) is 0 Å². The minimum absolute atomic E-state index is 0.122. The highest BCUT2D eigenvalue weighted by atomic mass is 16.6. The zero-order valence-corrected chi connectivity index (χ0v) is 21.3. The Hall–Kier alpha value is -4.82. The molecular weight excluding hydrogens is 520 g/mol. The molecule has 0 saturated heterocycles. The number of carboxylic acids is 2. The van der Waals surface area contributed by atoms with Crippen LogP contribution in [-0.4, -0.2) is 97.5 Å². The van der Waals surface area contributed by atoms with Crippen LogP contribution in [0.3, 0.4) is 0 Å². The smallest absolute Gasteiger partial charge is 0.322 e. The highest BCUT2D eigenvalue weighted by Gasteiger charge is 2.13. The summed E-state index contributed by atoms with van der Waals surface area (Å²) in [7, 11) is 3.08. The average Bonchev–Trinajstić information content (AvgIpc) is 2.87. The van der Waals surface area contributed by atoms with E-state index in [1.807, 2.05) is 0 Å². The quantitative estimate of drug-likeness (QED) is 0.111. The van der Waals surface area contributed by atoms with Gasteiger partial charge in [-0.2, -0.15) is 0 Å². The van der Waals surface area contributed by atoms with E-state index >= 15 is 0 Å². The van der Waals surface area contributed by atoms with Gasteiger partial charge in [-0.1, -0.05) is 36.4 Å². The standard InChI is InChI=1S/C15H12O4.2C5H9NO4/c16-14(18-12-7-3-1-4-8-12)11-15(17)19-13-9-5-2-6-10-13;1-6(2-9-4-7)3-10-5-8;1-6(2-4(7)8)3-5(9)10/h1-10H,11H2;4-5H,2-3H2,1H3;2-3H2,1H3,(H,7,8)(H,9,10). The molecule has 0 atom stereocenters. The third kappa shape index (κ3) is 21.0. The number of aliphatic carboxylic acids is 2. The number of hydrogen-bond acceptors (Lipinski definition) is 12. The van der Waals surface area contributed by atoms with Gasteiger partial charge in [0, 0.05) is 0 Å². The molecule has 14 nitrogen and oxygen atoms in total. The number of carbonyl (C=O) groups is 6. The lowest BCUT2D eigenvalue weighted by Gasteiger charge is -2.11. The summed E-state index contributed by atoms with van der Waals surface area (Å²) in [5, 5.41) is 16.3. The normalized spacial score (nSPS) is 9.54. The largest absolute Gasteiger partial charge is 0.480 e. The van der Waals surface area contributed by atoms with E-state index in [1.165, 1.54) is 16.8 Å². The molecule has 0 amide bonds. The molecule has 0 aliphatic rings. The molecular formula is C25H30N2O12. The number of rotatable bonds is 14. The van der Waals surface area contributed by atoms with Gasteiger partial charge in [-0.05, 0) is 38.4 Å². The van der Waals surface area contributed by atoms with Crippen molar-refractivity contribution in [2.75, 3.05) is 40.6 Å². The highest BCUT2D eigenvalue weighted by Crippen LogP contribution is 2.11. The second-order valence-corrected chi connectivity index (χ2v) is 7.35. The number of likely N-dealkylation sites (N-methyl/N-ethyl adjacent to an activating group) is 1. The van der Waals surface area contributed by atoms with Gasteiger partial charge in [0.15, 0.2) is 0 Å². The van der Waals surface area contributed by atoms with Crippen LogP contribution in [0, 0.1) is 0 Å². The molecule has 0 spiro atoms. The van der Waals surface area contributed by atoms with Crippen molar-refractivity contribution in [3.8, 4) is 11.5 Å². The fourth-order valence-corrected chi connectivity index (χ4v) is 2.30. The topological polar surface area (TPSA) is 186 Å².